The molecule has 1 amide bonds. The van der Waals surface area contributed by atoms with Crippen molar-refractivity contribution in [1.29, 1.82) is 0 Å². The molecule has 2 heterocycles. The lowest BCUT2D eigenvalue weighted by atomic mass is 9.94. The molecule has 116 valence electrons. The van der Waals surface area contributed by atoms with E-state index in [1.54, 1.807) is 12.3 Å². The van der Waals surface area contributed by atoms with Crippen LogP contribution in [0.1, 0.15) is 49.9 Å². The lowest BCUT2D eigenvalue weighted by molar-refractivity contribution is 0.0688. The molecule has 1 aliphatic heterocycles. The monoisotopic (exact) mass is 309 g/mol. The minimum absolute atomic E-state index is 0.0426. The fourth-order valence-electron chi connectivity index (χ4n) is 2.66. The van der Waals surface area contributed by atoms with Crippen molar-refractivity contribution in [3.63, 3.8) is 0 Å². The van der Waals surface area contributed by atoms with Crippen LogP contribution >= 0.6 is 11.6 Å². The second-order valence-corrected chi connectivity index (χ2v) is 6.03. The lowest BCUT2D eigenvalue weighted by Crippen LogP contribution is -2.38. The largest absolute Gasteiger partial charge is 0.369 e. The first-order valence-electron chi connectivity index (χ1n) is 7.84. The number of carbonyl (C=O) groups is 1. The van der Waals surface area contributed by atoms with Crippen molar-refractivity contribution in [2.75, 3.05) is 25.0 Å². The van der Waals surface area contributed by atoms with E-state index < -0.39 is 0 Å². The summed E-state index contributed by atoms with van der Waals surface area (Å²) in [6.45, 7) is 6.80. The molecular formula is C16H24ClN3O. The normalized spacial score (nSPS) is 16.0. The standard InChI is InChI=1S/C16H24ClN3O/c1-3-7-18-15-14(17)10-13(11-19-15)16(21)20-8-5-12(4-2)6-9-20/h10-12H,3-9H2,1-2H3,(H,18,19). The Balaban J connectivity index is 2.01. The van der Waals surface area contributed by atoms with Gasteiger partial charge >= 0.3 is 0 Å². The zero-order valence-electron chi connectivity index (χ0n) is 12.9. The van der Waals surface area contributed by atoms with Crippen molar-refractivity contribution in [2.24, 2.45) is 5.92 Å². The first-order chi connectivity index (χ1) is 10.2. The summed E-state index contributed by atoms with van der Waals surface area (Å²) in [5.41, 5.74) is 0.581. The Kier molecular flexibility index (Phi) is 5.85. The molecule has 4 nitrogen and oxygen atoms in total. The zero-order valence-corrected chi connectivity index (χ0v) is 13.6. The molecule has 1 saturated heterocycles. The number of rotatable bonds is 5. The number of amides is 1. The van der Waals surface area contributed by atoms with Gasteiger partial charge in [0, 0.05) is 25.8 Å². The van der Waals surface area contributed by atoms with Gasteiger partial charge in [0.05, 0.1) is 10.6 Å². The summed E-state index contributed by atoms with van der Waals surface area (Å²) < 4.78 is 0. The Morgan fingerprint density at radius 1 is 1.43 bits per heavy atom. The van der Waals surface area contributed by atoms with Gasteiger partial charge in [0.15, 0.2) is 0 Å². The van der Waals surface area contributed by atoms with E-state index in [2.05, 4.69) is 24.1 Å². The number of nitrogens with one attached hydrogen (secondary N) is 1. The molecule has 0 aromatic carbocycles. The number of piperidine rings is 1. The molecule has 2 rings (SSSR count). The van der Waals surface area contributed by atoms with Crippen molar-refractivity contribution < 1.29 is 4.79 Å². The SMILES string of the molecule is CCCNc1ncc(C(=O)N2CCC(CC)CC2)cc1Cl. The van der Waals surface area contributed by atoms with Crippen molar-refractivity contribution in [1.82, 2.24) is 9.88 Å². The molecule has 0 aliphatic carbocycles. The molecule has 0 bridgehead atoms. The number of halogens is 1. The third-order valence-corrected chi connectivity index (χ3v) is 4.40. The van der Waals surface area contributed by atoms with Crippen molar-refractivity contribution in [2.45, 2.75) is 39.5 Å². The summed E-state index contributed by atoms with van der Waals surface area (Å²) in [6.07, 6.45) is 6.02. The molecular weight excluding hydrogens is 286 g/mol. The van der Waals surface area contributed by atoms with E-state index in [1.807, 2.05) is 4.90 Å². The maximum atomic E-state index is 12.5. The van der Waals surface area contributed by atoms with Crippen LogP contribution in [0.15, 0.2) is 12.3 Å². The van der Waals surface area contributed by atoms with E-state index in [9.17, 15) is 4.79 Å². The van der Waals surface area contributed by atoms with Gasteiger partial charge in [-0.3, -0.25) is 4.79 Å². The Morgan fingerprint density at radius 3 is 2.71 bits per heavy atom. The molecule has 1 fully saturated rings. The quantitative estimate of drug-likeness (QED) is 0.899. The smallest absolute Gasteiger partial charge is 0.255 e. The number of anilines is 1. The van der Waals surface area contributed by atoms with Crippen molar-refractivity contribution in [3.8, 4) is 0 Å². The van der Waals surface area contributed by atoms with Gasteiger partial charge in [-0.2, -0.15) is 0 Å². The van der Waals surface area contributed by atoms with E-state index in [-0.39, 0.29) is 5.91 Å². The predicted molar refractivity (Wildman–Crippen MR) is 86.9 cm³/mol. The van der Waals surface area contributed by atoms with Gasteiger partial charge < -0.3 is 10.2 Å². The van der Waals surface area contributed by atoms with E-state index in [0.717, 1.165) is 44.8 Å². The van der Waals surface area contributed by atoms with Crippen LogP contribution in [0.2, 0.25) is 5.02 Å². The molecule has 1 aromatic rings. The second-order valence-electron chi connectivity index (χ2n) is 5.63. The summed E-state index contributed by atoms with van der Waals surface area (Å²) in [7, 11) is 0. The van der Waals surface area contributed by atoms with Gasteiger partial charge in [0.25, 0.3) is 5.91 Å². The van der Waals surface area contributed by atoms with Crippen molar-refractivity contribution in [3.05, 3.63) is 22.8 Å². The number of hydrogen-bond acceptors (Lipinski definition) is 3. The van der Waals surface area contributed by atoms with Gasteiger partial charge in [0.2, 0.25) is 0 Å². The van der Waals surface area contributed by atoms with Gasteiger partial charge in [-0.05, 0) is 31.2 Å². The average molecular weight is 310 g/mol. The van der Waals surface area contributed by atoms with Crippen LogP contribution in [0.4, 0.5) is 5.82 Å². The number of pyridine rings is 1. The topological polar surface area (TPSA) is 45.2 Å². The van der Waals surface area contributed by atoms with E-state index in [4.69, 9.17) is 11.6 Å². The summed E-state index contributed by atoms with van der Waals surface area (Å²) in [5.74, 6) is 1.46. The summed E-state index contributed by atoms with van der Waals surface area (Å²) in [4.78, 5) is 18.7. The molecule has 1 aromatic heterocycles. The Morgan fingerprint density at radius 2 is 2.14 bits per heavy atom. The summed E-state index contributed by atoms with van der Waals surface area (Å²) in [6, 6.07) is 1.72. The third-order valence-electron chi connectivity index (χ3n) is 4.11. The Hall–Kier alpha value is -1.29. The Labute approximate surface area is 131 Å². The maximum absolute atomic E-state index is 12.5. The van der Waals surface area contributed by atoms with Crippen LogP contribution in [0.5, 0.6) is 0 Å². The molecule has 1 N–H and O–H groups in total. The minimum atomic E-state index is 0.0426. The highest BCUT2D eigenvalue weighted by molar-refractivity contribution is 6.33. The first-order valence-corrected chi connectivity index (χ1v) is 8.22. The van der Waals surface area contributed by atoms with Crippen LogP contribution in [-0.4, -0.2) is 35.4 Å². The number of likely N-dealkylation sites (tertiary alicyclic amines) is 1. The van der Waals surface area contributed by atoms with Crippen LogP contribution < -0.4 is 5.32 Å². The fraction of sp³-hybridized carbons (Fsp3) is 0.625. The van der Waals surface area contributed by atoms with Crippen molar-refractivity contribution >= 4 is 23.3 Å². The summed E-state index contributed by atoms with van der Waals surface area (Å²) >= 11 is 6.20. The van der Waals surface area contributed by atoms with E-state index >= 15 is 0 Å². The maximum Gasteiger partial charge on any atom is 0.255 e. The number of hydrogen-bond donors (Lipinski definition) is 1. The molecule has 0 atom stereocenters. The lowest BCUT2D eigenvalue weighted by Gasteiger charge is -2.31. The highest BCUT2D eigenvalue weighted by Crippen LogP contribution is 2.24. The highest BCUT2D eigenvalue weighted by atomic mass is 35.5. The van der Waals surface area contributed by atoms with Gasteiger partial charge in [-0.15, -0.1) is 0 Å². The fourth-order valence-corrected chi connectivity index (χ4v) is 2.89. The average Bonchev–Trinajstić information content (AvgIpc) is 2.53. The molecule has 21 heavy (non-hydrogen) atoms. The van der Waals surface area contributed by atoms with Gasteiger partial charge in [-0.25, -0.2) is 4.98 Å². The van der Waals surface area contributed by atoms with E-state index in [1.165, 1.54) is 6.42 Å². The Bertz CT molecular complexity index is 484. The molecule has 0 radical (unpaired) electrons. The minimum Gasteiger partial charge on any atom is -0.369 e. The molecule has 0 spiro atoms. The zero-order chi connectivity index (χ0) is 15.2. The van der Waals surface area contributed by atoms with Crippen LogP contribution in [0, 0.1) is 5.92 Å². The second kappa shape index (κ2) is 7.64. The van der Waals surface area contributed by atoms with Crippen LogP contribution in [0.3, 0.4) is 0 Å². The first kappa shape index (κ1) is 16.1. The number of carbonyl (C=O) groups excluding carboxylic acids is 1. The summed E-state index contributed by atoms with van der Waals surface area (Å²) in [5, 5.41) is 3.67. The third kappa shape index (κ3) is 4.10. The molecule has 1 aliphatic rings. The molecule has 5 heteroatoms. The highest BCUT2D eigenvalue weighted by Gasteiger charge is 2.23. The predicted octanol–water partition coefficient (Wildman–Crippen LogP) is 3.82. The molecule has 0 saturated carbocycles. The number of aromatic nitrogens is 1. The van der Waals surface area contributed by atoms with Gasteiger partial charge in [0.1, 0.15) is 5.82 Å². The van der Waals surface area contributed by atoms with Crippen LogP contribution in [-0.2, 0) is 0 Å². The number of nitrogens with zero attached hydrogens (tertiary/aromatic N) is 2. The van der Waals surface area contributed by atoms with Gasteiger partial charge in [-0.1, -0.05) is 31.9 Å². The van der Waals surface area contributed by atoms with E-state index in [0.29, 0.717) is 16.4 Å². The van der Waals surface area contributed by atoms with Crippen LogP contribution in [0.25, 0.3) is 0 Å². The molecule has 0 unspecified atom stereocenters.